The molecule has 1 aromatic rings. The maximum absolute atomic E-state index is 11.4. The third-order valence-electron chi connectivity index (χ3n) is 2.67. The van der Waals surface area contributed by atoms with Gasteiger partial charge in [-0.2, -0.15) is 0 Å². The number of carbonyl (C=O) groups excluding carboxylic acids is 2. The molecule has 108 valence electrons. The topological polar surface area (TPSA) is 70.2 Å². The van der Waals surface area contributed by atoms with E-state index in [-0.39, 0.29) is 11.8 Å². The molecule has 5 nitrogen and oxygen atoms in total. The fourth-order valence-electron chi connectivity index (χ4n) is 1.56. The lowest BCUT2D eigenvalue weighted by Gasteiger charge is -2.07. The Morgan fingerprint density at radius 2 is 1.85 bits per heavy atom. The van der Waals surface area contributed by atoms with Crippen molar-refractivity contribution < 1.29 is 9.59 Å². The predicted octanol–water partition coefficient (Wildman–Crippen LogP) is 1.08. The van der Waals surface area contributed by atoms with Gasteiger partial charge in [0.05, 0.1) is 6.54 Å². The summed E-state index contributed by atoms with van der Waals surface area (Å²) in [6.07, 6.45) is 0.754. The number of likely N-dealkylation sites (N-methyl/N-ethyl adjacent to an activating group) is 1. The minimum atomic E-state index is -0.183. The van der Waals surface area contributed by atoms with Gasteiger partial charge in [0.25, 0.3) is 5.91 Å². The lowest BCUT2D eigenvalue weighted by Crippen LogP contribution is -2.33. The maximum atomic E-state index is 11.4. The van der Waals surface area contributed by atoms with Crippen molar-refractivity contribution in [3.63, 3.8) is 0 Å². The molecule has 0 atom stereocenters. The number of hydrogen-bond acceptors (Lipinski definition) is 3. The van der Waals surface area contributed by atoms with Crippen LogP contribution in [0.2, 0.25) is 0 Å². The summed E-state index contributed by atoms with van der Waals surface area (Å²) in [6, 6.07) is 7.54. The fourth-order valence-corrected chi connectivity index (χ4v) is 1.56. The monoisotopic (exact) mass is 275 g/mol. The Morgan fingerprint density at radius 1 is 1.20 bits per heavy atom. The van der Waals surface area contributed by atoms with E-state index in [1.54, 1.807) is 14.0 Å². The highest BCUT2D eigenvalue weighted by Gasteiger charge is 2.03. The molecule has 0 aliphatic heterocycles. The van der Waals surface area contributed by atoms with Crippen LogP contribution in [-0.2, 0) is 16.0 Å². The molecule has 1 rings (SSSR count). The summed E-state index contributed by atoms with van der Waals surface area (Å²) in [6.45, 7) is 6.17. The van der Waals surface area contributed by atoms with Crippen molar-refractivity contribution in [1.82, 2.24) is 10.6 Å². The molecule has 0 aromatic heterocycles. The van der Waals surface area contributed by atoms with Gasteiger partial charge in [-0.3, -0.25) is 9.59 Å². The molecule has 0 aliphatic carbocycles. The molecule has 0 spiro atoms. The summed E-state index contributed by atoms with van der Waals surface area (Å²) in [7, 11) is 1.73. The fraction of sp³-hybridized carbons (Fsp3) is 0.333. The van der Waals surface area contributed by atoms with E-state index in [0.29, 0.717) is 18.7 Å². The van der Waals surface area contributed by atoms with Crippen LogP contribution in [0.15, 0.2) is 36.4 Å². The molecule has 3 N–H and O–H groups in total. The van der Waals surface area contributed by atoms with Gasteiger partial charge in [0.2, 0.25) is 5.91 Å². The molecule has 0 aliphatic rings. The molecule has 0 heterocycles. The lowest BCUT2D eigenvalue weighted by molar-refractivity contribution is -0.120. The smallest absolute Gasteiger partial charge is 0.250 e. The van der Waals surface area contributed by atoms with Gasteiger partial charge in [-0.05, 0) is 38.1 Å². The Morgan fingerprint density at radius 3 is 2.40 bits per heavy atom. The van der Waals surface area contributed by atoms with Crippen molar-refractivity contribution in [1.29, 1.82) is 0 Å². The molecule has 2 amide bonds. The summed E-state index contributed by atoms with van der Waals surface area (Å²) in [5.74, 6) is -0.199. The van der Waals surface area contributed by atoms with E-state index in [0.717, 1.165) is 17.7 Å². The van der Waals surface area contributed by atoms with Crippen molar-refractivity contribution >= 4 is 17.5 Å². The number of rotatable bonds is 7. The first-order valence-electron chi connectivity index (χ1n) is 6.50. The first-order chi connectivity index (χ1) is 9.52. The van der Waals surface area contributed by atoms with Crippen LogP contribution in [0.4, 0.5) is 5.69 Å². The largest absolute Gasteiger partial charge is 0.355 e. The van der Waals surface area contributed by atoms with Crippen LogP contribution in [0.1, 0.15) is 12.5 Å². The van der Waals surface area contributed by atoms with Crippen LogP contribution in [0.25, 0.3) is 0 Å². The quantitative estimate of drug-likeness (QED) is 0.652. The van der Waals surface area contributed by atoms with Crippen LogP contribution >= 0.6 is 0 Å². The van der Waals surface area contributed by atoms with Crippen molar-refractivity contribution in [2.45, 2.75) is 13.3 Å². The molecule has 0 saturated heterocycles. The number of nitrogens with one attached hydrogen (secondary N) is 3. The van der Waals surface area contributed by atoms with Gasteiger partial charge in [-0.25, -0.2) is 0 Å². The standard InChI is InChI=1S/C15H21N3O2/c1-11(2)15(20)18-13-6-4-12(5-7-13)8-9-17-14(19)10-16-3/h4-7,16H,1,8-10H2,2-3H3,(H,17,19)(H,18,20). The minimum absolute atomic E-state index is 0.0159. The molecular formula is C15H21N3O2. The molecule has 0 bridgehead atoms. The number of hydrogen-bond donors (Lipinski definition) is 3. The van der Waals surface area contributed by atoms with Crippen LogP contribution in [-0.4, -0.2) is 32.0 Å². The van der Waals surface area contributed by atoms with E-state index in [1.807, 2.05) is 24.3 Å². The van der Waals surface area contributed by atoms with Crippen molar-refractivity contribution in [2.24, 2.45) is 0 Å². The highest BCUT2D eigenvalue weighted by Crippen LogP contribution is 2.10. The highest BCUT2D eigenvalue weighted by atomic mass is 16.2. The molecule has 0 unspecified atom stereocenters. The van der Waals surface area contributed by atoms with E-state index in [4.69, 9.17) is 0 Å². The van der Waals surface area contributed by atoms with Gasteiger partial charge in [-0.15, -0.1) is 0 Å². The average Bonchev–Trinajstić information content (AvgIpc) is 2.41. The van der Waals surface area contributed by atoms with Crippen molar-refractivity contribution in [3.8, 4) is 0 Å². The normalized spacial score (nSPS) is 9.90. The van der Waals surface area contributed by atoms with Crippen molar-refractivity contribution in [3.05, 3.63) is 42.0 Å². The molecule has 5 heteroatoms. The van der Waals surface area contributed by atoms with Crippen LogP contribution in [0.3, 0.4) is 0 Å². The molecule has 1 aromatic carbocycles. The Hall–Kier alpha value is -2.14. The third-order valence-corrected chi connectivity index (χ3v) is 2.67. The lowest BCUT2D eigenvalue weighted by atomic mass is 10.1. The highest BCUT2D eigenvalue weighted by molar-refractivity contribution is 6.02. The SMILES string of the molecule is C=C(C)C(=O)Nc1ccc(CCNC(=O)CNC)cc1. The van der Waals surface area contributed by atoms with E-state index in [1.165, 1.54) is 0 Å². The Bertz CT molecular complexity index is 480. The van der Waals surface area contributed by atoms with Gasteiger partial charge in [0.15, 0.2) is 0 Å². The Kier molecular flexibility index (Phi) is 6.46. The van der Waals surface area contributed by atoms with Crippen LogP contribution in [0.5, 0.6) is 0 Å². The second-order valence-corrected chi connectivity index (χ2v) is 4.56. The number of anilines is 1. The zero-order valence-corrected chi connectivity index (χ0v) is 12.0. The molecule has 0 fully saturated rings. The van der Waals surface area contributed by atoms with E-state index in [9.17, 15) is 9.59 Å². The van der Waals surface area contributed by atoms with E-state index in [2.05, 4.69) is 22.5 Å². The van der Waals surface area contributed by atoms with Crippen molar-refractivity contribution in [2.75, 3.05) is 25.5 Å². The number of benzene rings is 1. The van der Waals surface area contributed by atoms with Gasteiger partial charge in [-0.1, -0.05) is 18.7 Å². The summed E-state index contributed by atoms with van der Waals surface area (Å²) >= 11 is 0. The molecule has 20 heavy (non-hydrogen) atoms. The van der Waals surface area contributed by atoms with E-state index >= 15 is 0 Å². The summed E-state index contributed by atoms with van der Waals surface area (Å²) in [4.78, 5) is 22.7. The summed E-state index contributed by atoms with van der Waals surface area (Å²) in [5, 5.41) is 8.35. The summed E-state index contributed by atoms with van der Waals surface area (Å²) < 4.78 is 0. The second kappa shape index (κ2) is 8.12. The zero-order chi connectivity index (χ0) is 15.0. The second-order valence-electron chi connectivity index (χ2n) is 4.56. The van der Waals surface area contributed by atoms with Gasteiger partial charge >= 0.3 is 0 Å². The minimum Gasteiger partial charge on any atom is -0.355 e. The zero-order valence-electron chi connectivity index (χ0n) is 12.0. The maximum Gasteiger partial charge on any atom is 0.250 e. The Balaban J connectivity index is 2.41. The number of carbonyl (C=O) groups is 2. The first-order valence-corrected chi connectivity index (χ1v) is 6.50. The molecule has 0 saturated carbocycles. The molecular weight excluding hydrogens is 254 g/mol. The van der Waals surface area contributed by atoms with E-state index < -0.39 is 0 Å². The predicted molar refractivity (Wildman–Crippen MR) is 80.5 cm³/mol. The van der Waals surface area contributed by atoms with Gasteiger partial charge in [0, 0.05) is 17.8 Å². The summed E-state index contributed by atoms with van der Waals surface area (Å²) in [5.41, 5.74) is 2.31. The third kappa shape index (κ3) is 5.67. The number of amides is 2. The van der Waals surface area contributed by atoms with Gasteiger partial charge < -0.3 is 16.0 Å². The van der Waals surface area contributed by atoms with Gasteiger partial charge in [0.1, 0.15) is 0 Å². The first kappa shape index (κ1) is 15.9. The van der Waals surface area contributed by atoms with Crippen LogP contribution in [0, 0.1) is 0 Å². The molecule has 0 radical (unpaired) electrons. The average molecular weight is 275 g/mol. The Labute approximate surface area is 119 Å². The van der Waals surface area contributed by atoms with Crippen LogP contribution < -0.4 is 16.0 Å².